The maximum atomic E-state index is 12.0. The zero-order valence-electron chi connectivity index (χ0n) is 14.4. The van der Waals surface area contributed by atoms with E-state index in [1.54, 1.807) is 32.2 Å². The van der Waals surface area contributed by atoms with Gasteiger partial charge in [-0.15, -0.1) is 0 Å². The minimum Gasteiger partial charge on any atom is -0.493 e. The minimum atomic E-state index is -0.646. The quantitative estimate of drug-likeness (QED) is 0.617. The molecule has 0 atom stereocenters. The molecule has 22 heavy (non-hydrogen) atoms. The highest BCUT2D eigenvalue weighted by Gasteiger charge is 2.37. The van der Waals surface area contributed by atoms with Gasteiger partial charge in [-0.05, 0) is 46.8 Å². The summed E-state index contributed by atoms with van der Waals surface area (Å²) in [5.74, 6) is 0.939. The van der Waals surface area contributed by atoms with Crippen molar-refractivity contribution in [2.24, 2.45) is 5.41 Å². The zero-order chi connectivity index (χ0) is 17.0. The molecule has 0 bridgehead atoms. The predicted molar refractivity (Wildman–Crippen MR) is 87.1 cm³/mol. The van der Waals surface area contributed by atoms with Crippen LogP contribution in [0, 0.1) is 5.41 Å². The highest BCUT2D eigenvalue weighted by molar-refractivity contribution is 5.76. The average Bonchev–Trinajstić information content (AvgIpc) is 2.37. The monoisotopic (exact) mass is 309 g/mol. The molecule has 0 saturated heterocycles. The molecular weight excluding hydrogens is 282 g/mol. The topological polar surface area (TPSA) is 70.8 Å². The molecule has 0 saturated carbocycles. The Hall–Kier alpha value is -1.91. The van der Waals surface area contributed by atoms with Crippen LogP contribution in [0.1, 0.15) is 41.0 Å². The van der Waals surface area contributed by atoms with Crippen molar-refractivity contribution in [3.05, 3.63) is 18.2 Å². The predicted octanol–water partition coefficient (Wildman–Crippen LogP) is 3.41. The standard InChI is InChI=1S/C17H27NO4/c1-7-21-15(19)16(2,3)11-17(4,5)22-14-10-12(18)8-9-13(14)20-6/h8-10H,7,11,18H2,1-6H3. The number of rotatable bonds is 7. The number of anilines is 1. The smallest absolute Gasteiger partial charge is 0.311 e. The van der Waals surface area contributed by atoms with E-state index >= 15 is 0 Å². The van der Waals surface area contributed by atoms with Gasteiger partial charge in [-0.2, -0.15) is 0 Å². The first-order valence-corrected chi connectivity index (χ1v) is 7.41. The lowest BCUT2D eigenvalue weighted by Crippen LogP contribution is -2.39. The van der Waals surface area contributed by atoms with Gasteiger partial charge in [0, 0.05) is 18.2 Å². The Morgan fingerprint density at radius 1 is 1.18 bits per heavy atom. The number of esters is 1. The number of ether oxygens (including phenoxy) is 3. The summed E-state index contributed by atoms with van der Waals surface area (Å²) in [7, 11) is 1.58. The van der Waals surface area contributed by atoms with Crippen LogP contribution >= 0.6 is 0 Å². The van der Waals surface area contributed by atoms with Crippen molar-refractivity contribution in [1.82, 2.24) is 0 Å². The second-order valence-corrected chi connectivity index (χ2v) is 6.55. The number of benzene rings is 1. The van der Waals surface area contributed by atoms with Crippen LogP contribution < -0.4 is 15.2 Å². The van der Waals surface area contributed by atoms with Crippen LogP contribution in [0.25, 0.3) is 0 Å². The summed E-state index contributed by atoms with van der Waals surface area (Å²) in [6.45, 7) is 9.73. The molecule has 0 aromatic heterocycles. The van der Waals surface area contributed by atoms with Gasteiger partial charge in [-0.1, -0.05) is 0 Å². The van der Waals surface area contributed by atoms with Crippen LogP contribution in [0.3, 0.4) is 0 Å². The molecule has 0 spiro atoms. The third kappa shape index (κ3) is 4.83. The molecule has 5 nitrogen and oxygen atoms in total. The summed E-state index contributed by atoms with van der Waals surface area (Å²) in [4.78, 5) is 12.0. The Kier molecular flexibility index (Phi) is 5.69. The largest absolute Gasteiger partial charge is 0.493 e. The van der Waals surface area contributed by atoms with Crippen molar-refractivity contribution >= 4 is 11.7 Å². The maximum absolute atomic E-state index is 12.0. The van der Waals surface area contributed by atoms with Gasteiger partial charge in [0.05, 0.1) is 19.1 Å². The molecule has 124 valence electrons. The normalized spacial score (nSPS) is 11.9. The van der Waals surface area contributed by atoms with Gasteiger partial charge in [-0.25, -0.2) is 0 Å². The highest BCUT2D eigenvalue weighted by Crippen LogP contribution is 2.37. The Morgan fingerprint density at radius 2 is 1.82 bits per heavy atom. The molecule has 0 radical (unpaired) electrons. The number of nitrogens with two attached hydrogens (primary N) is 1. The van der Waals surface area contributed by atoms with E-state index in [1.165, 1.54) is 0 Å². The number of hydrogen-bond donors (Lipinski definition) is 1. The number of hydrogen-bond acceptors (Lipinski definition) is 5. The molecule has 0 fully saturated rings. The molecule has 1 aromatic rings. The molecular formula is C17H27NO4. The van der Waals surface area contributed by atoms with E-state index in [-0.39, 0.29) is 5.97 Å². The summed E-state index contributed by atoms with van der Waals surface area (Å²) in [5.41, 5.74) is 5.17. The fourth-order valence-corrected chi connectivity index (χ4v) is 2.57. The molecule has 0 aliphatic rings. The lowest BCUT2D eigenvalue weighted by Gasteiger charge is -2.34. The van der Waals surface area contributed by atoms with Gasteiger partial charge >= 0.3 is 5.97 Å². The Labute approximate surface area is 132 Å². The van der Waals surface area contributed by atoms with Gasteiger partial charge < -0.3 is 19.9 Å². The molecule has 1 aromatic carbocycles. The summed E-state index contributed by atoms with van der Waals surface area (Å²) in [6.07, 6.45) is 0.497. The van der Waals surface area contributed by atoms with E-state index in [9.17, 15) is 4.79 Å². The second-order valence-electron chi connectivity index (χ2n) is 6.55. The first-order valence-electron chi connectivity index (χ1n) is 7.41. The number of nitrogen functional groups attached to an aromatic ring is 1. The SMILES string of the molecule is CCOC(=O)C(C)(C)CC(C)(C)Oc1cc(N)ccc1OC. The van der Waals surface area contributed by atoms with E-state index in [0.29, 0.717) is 30.2 Å². The molecule has 0 aliphatic carbocycles. The molecule has 2 N–H and O–H groups in total. The van der Waals surface area contributed by atoms with Gasteiger partial charge in [0.15, 0.2) is 11.5 Å². The molecule has 0 aliphatic heterocycles. The van der Waals surface area contributed by atoms with E-state index in [2.05, 4.69) is 0 Å². The first-order chi connectivity index (χ1) is 10.1. The zero-order valence-corrected chi connectivity index (χ0v) is 14.4. The lowest BCUT2D eigenvalue weighted by atomic mass is 9.81. The molecule has 0 amide bonds. The van der Waals surface area contributed by atoms with Gasteiger partial charge in [-0.3, -0.25) is 4.79 Å². The van der Waals surface area contributed by atoms with Crippen molar-refractivity contribution in [1.29, 1.82) is 0 Å². The van der Waals surface area contributed by atoms with E-state index in [4.69, 9.17) is 19.9 Å². The minimum absolute atomic E-state index is 0.230. The molecule has 5 heteroatoms. The van der Waals surface area contributed by atoms with Gasteiger partial charge in [0.25, 0.3) is 0 Å². The average molecular weight is 309 g/mol. The van der Waals surface area contributed by atoms with E-state index < -0.39 is 11.0 Å². The Balaban J connectivity index is 2.91. The number of methoxy groups -OCH3 is 1. The third-order valence-electron chi connectivity index (χ3n) is 3.27. The summed E-state index contributed by atoms with van der Waals surface area (Å²) in [5, 5.41) is 0. The number of carbonyl (C=O) groups is 1. The van der Waals surface area contributed by atoms with Crippen LogP contribution in [-0.2, 0) is 9.53 Å². The van der Waals surface area contributed by atoms with E-state index in [0.717, 1.165) is 0 Å². The fourth-order valence-electron chi connectivity index (χ4n) is 2.57. The van der Waals surface area contributed by atoms with Crippen molar-refractivity contribution in [3.8, 4) is 11.5 Å². The summed E-state index contributed by atoms with van der Waals surface area (Å²) < 4.78 is 16.5. The summed E-state index contributed by atoms with van der Waals surface area (Å²) >= 11 is 0. The third-order valence-corrected chi connectivity index (χ3v) is 3.27. The lowest BCUT2D eigenvalue weighted by molar-refractivity contribution is -0.156. The highest BCUT2D eigenvalue weighted by atomic mass is 16.5. The Bertz CT molecular complexity index is 523. The van der Waals surface area contributed by atoms with Gasteiger partial charge in [0.2, 0.25) is 0 Å². The fraction of sp³-hybridized carbons (Fsp3) is 0.588. The number of carbonyl (C=O) groups excluding carboxylic acids is 1. The maximum Gasteiger partial charge on any atom is 0.311 e. The van der Waals surface area contributed by atoms with E-state index in [1.807, 2.05) is 27.7 Å². The molecule has 0 unspecified atom stereocenters. The van der Waals surface area contributed by atoms with Crippen LogP contribution in [0.5, 0.6) is 11.5 Å². The van der Waals surface area contributed by atoms with Crippen molar-refractivity contribution in [2.75, 3.05) is 19.5 Å². The van der Waals surface area contributed by atoms with Crippen LogP contribution in [-0.4, -0.2) is 25.3 Å². The van der Waals surface area contributed by atoms with Crippen molar-refractivity contribution in [3.63, 3.8) is 0 Å². The van der Waals surface area contributed by atoms with Crippen LogP contribution in [0.2, 0.25) is 0 Å². The first kappa shape index (κ1) is 18.1. The Morgan fingerprint density at radius 3 is 2.36 bits per heavy atom. The van der Waals surface area contributed by atoms with Crippen LogP contribution in [0.15, 0.2) is 18.2 Å². The van der Waals surface area contributed by atoms with Crippen molar-refractivity contribution in [2.45, 2.75) is 46.6 Å². The molecule has 0 heterocycles. The van der Waals surface area contributed by atoms with Crippen LogP contribution in [0.4, 0.5) is 5.69 Å². The molecule has 1 rings (SSSR count). The summed E-state index contributed by atoms with van der Waals surface area (Å²) in [6, 6.07) is 5.23. The van der Waals surface area contributed by atoms with Crippen molar-refractivity contribution < 1.29 is 19.0 Å². The second kappa shape index (κ2) is 6.90. The van der Waals surface area contributed by atoms with Gasteiger partial charge in [0.1, 0.15) is 5.60 Å².